The lowest BCUT2D eigenvalue weighted by atomic mass is 10.0. The molecule has 0 aliphatic heterocycles. The maximum Gasteiger partial charge on any atom is 0.306 e. The first-order valence-corrected chi connectivity index (χ1v) is 33.4. The molecule has 1 amide bonds. The number of phosphoric ester groups is 1. The number of ether oxygens (including phenoxy) is 1. The Balaban J connectivity index is 5.31. The van der Waals surface area contributed by atoms with Gasteiger partial charge < -0.3 is 28.5 Å². The Kier molecular flexibility index (Phi) is 54.4. The van der Waals surface area contributed by atoms with Gasteiger partial charge in [0.2, 0.25) is 5.91 Å². The molecule has 77 heavy (non-hydrogen) atoms. The second kappa shape index (κ2) is 56.5. The lowest BCUT2D eigenvalue weighted by Crippen LogP contribution is -2.47. The predicted octanol–water partition coefficient (Wildman–Crippen LogP) is 19.1. The fourth-order valence-corrected chi connectivity index (χ4v) is 9.62. The largest absolute Gasteiger partial charge is 0.756 e. The third-order valence-electron chi connectivity index (χ3n) is 13.8. The van der Waals surface area contributed by atoms with E-state index in [1.165, 1.54) is 122 Å². The number of nitrogens with zero attached hydrogens (tertiary/aromatic N) is 1. The molecule has 0 fully saturated rings. The second-order valence-electron chi connectivity index (χ2n) is 22.5. The van der Waals surface area contributed by atoms with E-state index in [9.17, 15) is 19.0 Å². The summed E-state index contributed by atoms with van der Waals surface area (Å²) in [5, 5.41) is 3.02. The molecular formula is C67H121N2O7P. The molecule has 0 aliphatic carbocycles. The van der Waals surface area contributed by atoms with E-state index in [4.69, 9.17) is 13.8 Å². The number of quaternary nitrogens is 1. The maximum absolute atomic E-state index is 13.5. The lowest BCUT2D eigenvalue weighted by Gasteiger charge is -2.30. The zero-order valence-electron chi connectivity index (χ0n) is 50.9. The first-order valence-electron chi connectivity index (χ1n) is 31.9. The average molecular weight is 1100 g/mol. The summed E-state index contributed by atoms with van der Waals surface area (Å²) in [5.41, 5.74) is 0. The molecule has 0 aromatic rings. The summed E-state index contributed by atoms with van der Waals surface area (Å²) >= 11 is 0. The van der Waals surface area contributed by atoms with Crippen molar-refractivity contribution in [1.29, 1.82) is 0 Å². The van der Waals surface area contributed by atoms with Crippen molar-refractivity contribution in [2.75, 3.05) is 40.9 Å². The van der Waals surface area contributed by atoms with Crippen LogP contribution in [0, 0.1) is 0 Å². The molecule has 0 spiro atoms. The van der Waals surface area contributed by atoms with Crippen LogP contribution in [0.5, 0.6) is 0 Å². The summed E-state index contributed by atoms with van der Waals surface area (Å²) in [6, 6.07) is -0.904. The SMILES string of the molecule is CC/C=C\C/C=C\C/C=C\C/C=C\C/C=C\CCCCCCCC(=O)NC(COP(=O)([O-])OCC[N+](C)(C)C)C(/C=C\CCCCCCCCCCCCC)OC(=O)CCCCCCCCC/C=C/CCCCCCCC. The summed E-state index contributed by atoms with van der Waals surface area (Å²) < 4.78 is 30.3. The van der Waals surface area contributed by atoms with Crippen LogP contribution >= 0.6 is 7.82 Å². The maximum atomic E-state index is 13.5. The van der Waals surface area contributed by atoms with Crippen molar-refractivity contribution in [2.24, 2.45) is 0 Å². The van der Waals surface area contributed by atoms with Crippen molar-refractivity contribution in [3.63, 3.8) is 0 Å². The van der Waals surface area contributed by atoms with Crippen LogP contribution in [0.1, 0.15) is 278 Å². The van der Waals surface area contributed by atoms with Gasteiger partial charge in [-0.1, -0.05) is 247 Å². The highest BCUT2D eigenvalue weighted by atomic mass is 31.2. The quantitative estimate of drug-likeness (QED) is 0.0212. The summed E-state index contributed by atoms with van der Waals surface area (Å²) in [6.07, 6.45) is 74.0. The van der Waals surface area contributed by atoms with Crippen molar-refractivity contribution in [3.8, 4) is 0 Å². The van der Waals surface area contributed by atoms with E-state index >= 15 is 0 Å². The van der Waals surface area contributed by atoms with Crippen LogP contribution in [0.4, 0.5) is 0 Å². The normalized spacial score (nSPS) is 14.2. The zero-order valence-corrected chi connectivity index (χ0v) is 51.8. The summed E-state index contributed by atoms with van der Waals surface area (Å²) in [7, 11) is 1.16. The van der Waals surface area contributed by atoms with E-state index in [1.807, 2.05) is 33.3 Å². The fourth-order valence-electron chi connectivity index (χ4n) is 8.90. The second-order valence-corrected chi connectivity index (χ2v) is 23.9. The number of esters is 1. The van der Waals surface area contributed by atoms with Crippen molar-refractivity contribution < 1.29 is 37.3 Å². The molecule has 1 N–H and O–H groups in total. The Morgan fingerprint density at radius 2 is 0.831 bits per heavy atom. The Hall–Kier alpha value is -2.81. The van der Waals surface area contributed by atoms with Gasteiger partial charge in [0.05, 0.1) is 33.8 Å². The monoisotopic (exact) mass is 1100 g/mol. The number of hydrogen-bond donors (Lipinski definition) is 1. The Morgan fingerprint density at radius 1 is 0.468 bits per heavy atom. The predicted molar refractivity (Wildman–Crippen MR) is 330 cm³/mol. The van der Waals surface area contributed by atoms with Gasteiger partial charge in [0.15, 0.2) is 0 Å². The number of hydrogen-bond acceptors (Lipinski definition) is 7. The Labute approximate surface area is 476 Å². The Bertz CT molecular complexity index is 1590. The molecule has 0 heterocycles. The van der Waals surface area contributed by atoms with Crippen molar-refractivity contribution in [1.82, 2.24) is 5.32 Å². The van der Waals surface area contributed by atoms with Crippen LogP contribution in [0.25, 0.3) is 0 Å². The molecule has 10 heteroatoms. The smallest absolute Gasteiger partial charge is 0.306 e. The molecule has 0 aliphatic rings. The van der Waals surface area contributed by atoms with Crippen molar-refractivity contribution >= 4 is 19.7 Å². The highest BCUT2D eigenvalue weighted by molar-refractivity contribution is 7.45. The van der Waals surface area contributed by atoms with E-state index in [0.29, 0.717) is 23.9 Å². The minimum Gasteiger partial charge on any atom is -0.756 e. The van der Waals surface area contributed by atoms with Gasteiger partial charge in [-0.3, -0.25) is 14.2 Å². The van der Waals surface area contributed by atoms with Gasteiger partial charge in [-0.25, -0.2) is 0 Å². The van der Waals surface area contributed by atoms with Gasteiger partial charge >= 0.3 is 5.97 Å². The standard InChI is InChI=1S/C67H121N2O7P/c1-7-10-13-16-19-22-25-28-30-32-33-34-35-37-38-41-44-47-50-53-56-59-66(70)68-64(63-75-77(72,73)74-62-61-69(4,5)6)65(58-55-52-49-46-43-40-27-24-21-18-15-12-9-3)76-67(71)60-57-54-51-48-45-42-39-36-31-29-26-23-20-17-14-11-8-2/h10,13,19,22,28-31,33-34,37-38,55,58,64-65H,7-9,11-12,14-18,20-21,23-27,32,35-36,39-54,56-57,59-63H2,1-6H3,(H-,68,70,72,73)/b13-10-,22-19-,30-28-,31-29+,34-33-,38-37-,58-55-. The molecular weight excluding hydrogens is 976 g/mol. The number of allylic oxidation sites excluding steroid dienone is 13. The number of amides is 1. The third kappa shape index (κ3) is 57.7. The van der Waals surface area contributed by atoms with Gasteiger partial charge in [0.1, 0.15) is 19.3 Å². The number of rotatable bonds is 57. The number of phosphoric acid groups is 1. The van der Waals surface area contributed by atoms with Crippen LogP contribution < -0.4 is 10.2 Å². The molecule has 0 rings (SSSR count). The van der Waals surface area contributed by atoms with Gasteiger partial charge in [-0.05, 0) is 102 Å². The molecule has 0 aromatic carbocycles. The highest BCUT2D eigenvalue weighted by Gasteiger charge is 2.27. The number of likely N-dealkylation sites (N-methyl/N-ethyl adjacent to an activating group) is 1. The van der Waals surface area contributed by atoms with Crippen LogP contribution in [0.2, 0.25) is 0 Å². The molecule has 0 saturated heterocycles. The molecule has 3 atom stereocenters. The minimum atomic E-state index is -4.71. The van der Waals surface area contributed by atoms with E-state index < -0.39 is 26.6 Å². The lowest BCUT2D eigenvalue weighted by molar-refractivity contribution is -0.870. The first-order chi connectivity index (χ1) is 37.4. The van der Waals surface area contributed by atoms with E-state index in [2.05, 4.69) is 99.0 Å². The van der Waals surface area contributed by atoms with E-state index in [-0.39, 0.29) is 24.9 Å². The molecule has 9 nitrogen and oxygen atoms in total. The van der Waals surface area contributed by atoms with Crippen LogP contribution in [-0.4, -0.2) is 69.4 Å². The van der Waals surface area contributed by atoms with Crippen molar-refractivity contribution in [3.05, 3.63) is 85.1 Å². The molecule has 0 aromatic heterocycles. The molecule has 0 radical (unpaired) electrons. The average Bonchev–Trinajstić information content (AvgIpc) is 3.39. The molecule has 0 saturated carbocycles. The zero-order chi connectivity index (χ0) is 56.4. The third-order valence-corrected chi connectivity index (χ3v) is 14.8. The van der Waals surface area contributed by atoms with Gasteiger partial charge in [-0.15, -0.1) is 0 Å². The van der Waals surface area contributed by atoms with Crippen molar-refractivity contribution in [2.45, 2.75) is 290 Å². The number of carbonyl (C=O) groups excluding carboxylic acids is 2. The van der Waals surface area contributed by atoms with E-state index in [0.717, 1.165) is 116 Å². The van der Waals surface area contributed by atoms with E-state index in [1.54, 1.807) is 0 Å². The topological polar surface area (TPSA) is 114 Å². The Morgan fingerprint density at radius 3 is 1.26 bits per heavy atom. The van der Waals surface area contributed by atoms with Gasteiger partial charge in [-0.2, -0.15) is 0 Å². The molecule has 3 unspecified atom stereocenters. The fraction of sp³-hybridized carbons (Fsp3) is 0.761. The summed E-state index contributed by atoms with van der Waals surface area (Å²) in [4.78, 5) is 40.0. The van der Waals surface area contributed by atoms with Crippen LogP contribution in [0.3, 0.4) is 0 Å². The summed E-state index contributed by atoms with van der Waals surface area (Å²) in [5.74, 6) is -0.566. The number of nitrogens with one attached hydrogen (secondary N) is 1. The minimum absolute atomic E-state index is 0.0302. The van der Waals surface area contributed by atoms with Crippen LogP contribution in [0.15, 0.2) is 85.1 Å². The number of unbranched alkanes of at least 4 members (excludes halogenated alkanes) is 29. The van der Waals surface area contributed by atoms with Crippen LogP contribution in [-0.2, 0) is 27.9 Å². The summed E-state index contributed by atoms with van der Waals surface area (Å²) in [6.45, 7) is 6.72. The molecule has 0 bridgehead atoms. The molecule has 446 valence electrons. The number of carbonyl (C=O) groups is 2. The first kappa shape index (κ1) is 74.2. The van der Waals surface area contributed by atoms with Gasteiger partial charge in [0, 0.05) is 12.8 Å². The highest BCUT2D eigenvalue weighted by Crippen LogP contribution is 2.38. The van der Waals surface area contributed by atoms with Gasteiger partial charge in [0.25, 0.3) is 7.82 Å².